The molecule has 2 aromatic carbocycles. The number of hydrogen-bond donors (Lipinski definition) is 1. The van der Waals surface area contributed by atoms with Gasteiger partial charge in [0, 0.05) is 36.8 Å². The highest BCUT2D eigenvalue weighted by Crippen LogP contribution is 2.26. The first-order valence-corrected chi connectivity index (χ1v) is 9.76. The van der Waals surface area contributed by atoms with Gasteiger partial charge in [-0.3, -0.25) is 14.5 Å². The molecule has 0 radical (unpaired) electrons. The van der Waals surface area contributed by atoms with Crippen molar-refractivity contribution in [2.24, 2.45) is 0 Å². The lowest BCUT2D eigenvalue weighted by Gasteiger charge is -2.37. The average Bonchev–Trinajstić information content (AvgIpc) is 2.71. The summed E-state index contributed by atoms with van der Waals surface area (Å²) in [5.74, 6) is -2.66. The van der Waals surface area contributed by atoms with Crippen LogP contribution in [0.15, 0.2) is 36.4 Å². The molecule has 1 unspecified atom stereocenters. The van der Waals surface area contributed by atoms with Crippen LogP contribution in [0.2, 0.25) is 10.0 Å². The van der Waals surface area contributed by atoms with E-state index in [1.807, 2.05) is 4.90 Å². The number of nitrogens with one attached hydrogen (secondary N) is 1. The Kier molecular flexibility index (Phi) is 6.72. The molecular weight excluding hydrogens is 423 g/mol. The van der Waals surface area contributed by atoms with E-state index in [0.717, 1.165) is 12.1 Å². The maximum Gasteiger partial charge on any atom is 0.254 e. The molecule has 2 amide bonds. The van der Waals surface area contributed by atoms with E-state index >= 15 is 0 Å². The second-order valence-corrected chi connectivity index (χ2v) is 7.59. The predicted molar refractivity (Wildman–Crippen MR) is 108 cm³/mol. The number of nitrogens with zero attached hydrogens (tertiary/aromatic N) is 2. The lowest BCUT2D eigenvalue weighted by molar-refractivity contribution is -0.121. The summed E-state index contributed by atoms with van der Waals surface area (Å²) in [5, 5.41) is 3.61. The van der Waals surface area contributed by atoms with Crippen LogP contribution in [0.1, 0.15) is 17.3 Å². The van der Waals surface area contributed by atoms with Crippen molar-refractivity contribution >= 4 is 40.7 Å². The van der Waals surface area contributed by atoms with E-state index in [1.54, 1.807) is 30.0 Å². The minimum Gasteiger partial charge on any atom is -0.336 e. The fraction of sp³-hybridized carbons (Fsp3) is 0.300. The summed E-state index contributed by atoms with van der Waals surface area (Å²) in [4.78, 5) is 28.6. The standard InChI is InChI=1S/C20H19Cl2F2N3O2/c1-12(19(28)25-18-11-14(21)3-4-15(18)22)26-6-8-27(9-7-26)20(29)13-2-5-16(23)17(24)10-13/h2-5,10-12H,6-9H2,1H3,(H,25,28). The van der Waals surface area contributed by atoms with Gasteiger partial charge < -0.3 is 10.2 Å². The van der Waals surface area contributed by atoms with Gasteiger partial charge in [0.15, 0.2) is 11.6 Å². The van der Waals surface area contributed by atoms with Crippen LogP contribution in [-0.4, -0.2) is 53.8 Å². The first-order valence-electron chi connectivity index (χ1n) is 9.00. The molecule has 0 aliphatic carbocycles. The SMILES string of the molecule is CC(C(=O)Nc1cc(Cl)ccc1Cl)N1CCN(C(=O)c2ccc(F)c(F)c2)CC1. The molecule has 9 heteroatoms. The van der Waals surface area contributed by atoms with Crippen molar-refractivity contribution in [1.82, 2.24) is 9.80 Å². The van der Waals surface area contributed by atoms with Crippen LogP contribution >= 0.6 is 23.2 Å². The predicted octanol–water partition coefficient (Wildman–Crippen LogP) is 4.06. The van der Waals surface area contributed by atoms with Gasteiger partial charge >= 0.3 is 0 Å². The zero-order valence-corrected chi connectivity index (χ0v) is 17.1. The van der Waals surface area contributed by atoms with E-state index in [9.17, 15) is 18.4 Å². The molecule has 0 saturated carbocycles. The lowest BCUT2D eigenvalue weighted by atomic mass is 10.1. The summed E-state index contributed by atoms with van der Waals surface area (Å²) in [6, 6.07) is 7.45. The molecule has 154 valence electrons. The number of halogens is 4. The number of amides is 2. The van der Waals surface area contributed by atoms with Crippen LogP contribution in [0, 0.1) is 11.6 Å². The van der Waals surface area contributed by atoms with Gasteiger partial charge in [-0.25, -0.2) is 8.78 Å². The number of carbonyl (C=O) groups excluding carboxylic acids is 2. The number of piperazine rings is 1. The molecule has 0 spiro atoms. The molecule has 3 rings (SSSR count). The third-order valence-electron chi connectivity index (χ3n) is 4.88. The number of hydrogen-bond acceptors (Lipinski definition) is 3. The molecule has 5 nitrogen and oxygen atoms in total. The third-order valence-corrected chi connectivity index (χ3v) is 5.45. The molecule has 1 aliphatic rings. The van der Waals surface area contributed by atoms with Gasteiger partial charge in [0.2, 0.25) is 5.91 Å². The van der Waals surface area contributed by atoms with E-state index in [-0.39, 0.29) is 17.4 Å². The van der Waals surface area contributed by atoms with Crippen molar-refractivity contribution in [3.8, 4) is 0 Å². The zero-order chi connectivity index (χ0) is 21.1. The van der Waals surface area contributed by atoms with Crippen LogP contribution in [0.25, 0.3) is 0 Å². The van der Waals surface area contributed by atoms with Crippen molar-refractivity contribution in [3.05, 3.63) is 63.6 Å². The summed E-state index contributed by atoms with van der Waals surface area (Å²) in [6.07, 6.45) is 0. The van der Waals surface area contributed by atoms with E-state index < -0.39 is 17.7 Å². The Morgan fingerprint density at radius 2 is 1.69 bits per heavy atom. The number of rotatable bonds is 4. The summed E-state index contributed by atoms with van der Waals surface area (Å²) in [5.41, 5.74) is 0.530. The Morgan fingerprint density at radius 3 is 2.34 bits per heavy atom. The molecule has 1 saturated heterocycles. The third kappa shape index (κ3) is 5.04. The van der Waals surface area contributed by atoms with E-state index in [4.69, 9.17) is 23.2 Å². The van der Waals surface area contributed by atoms with Gasteiger partial charge in [-0.05, 0) is 43.3 Å². The minimum atomic E-state index is -1.06. The first-order chi connectivity index (χ1) is 13.8. The van der Waals surface area contributed by atoms with Crippen molar-refractivity contribution in [2.45, 2.75) is 13.0 Å². The summed E-state index contributed by atoms with van der Waals surface area (Å²) in [7, 11) is 0. The fourth-order valence-corrected chi connectivity index (χ4v) is 3.46. The summed E-state index contributed by atoms with van der Waals surface area (Å²) in [6.45, 7) is 3.43. The molecule has 0 bridgehead atoms. The van der Waals surface area contributed by atoms with Crippen LogP contribution in [0.3, 0.4) is 0 Å². The Hall–Kier alpha value is -2.22. The number of carbonyl (C=O) groups is 2. The quantitative estimate of drug-likeness (QED) is 0.778. The Morgan fingerprint density at radius 1 is 1.00 bits per heavy atom. The second kappa shape index (κ2) is 9.07. The lowest BCUT2D eigenvalue weighted by Crippen LogP contribution is -2.54. The summed E-state index contributed by atoms with van der Waals surface area (Å²) >= 11 is 12.0. The maximum absolute atomic E-state index is 13.4. The molecular formula is C20H19Cl2F2N3O2. The monoisotopic (exact) mass is 441 g/mol. The first kappa shape index (κ1) is 21.5. The van der Waals surface area contributed by atoms with Crippen molar-refractivity contribution in [2.75, 3.05) is 31.5 Å². The molecule has 0 aromatic heterocycles. The normalized spacial score (nSPS) is 15.8. The minimum absolute atomic E-state index is 0.0961. The molecule has 1 heterocycles. The molecule has 1 N–H and O–H groups in total. The second-order valence-electron chi connectivity index (χ2n) is 6.75. The molecule has 1 aliphatic heterocycles. The summed E-state index contributed by atoms with van der Waals surface area (Å²) < 4.78 is 26.4. The van der Waals surface area contributed by atoms with Crippen LogP contribution in [0.4, 0.5) is 14.5 Å². The van der Waals surface area contributed by atoms with E-state index in [0.29, 0.717) is 41.9 Å². The Balaban J connectivity index is 1.58. The highest BCUT2D eigenvalue weighted by Gasteiger charge is 2.28. The van der Waals surface area contributed by atoms with Crippen LogP contribution in [0.5, 0.6) is 0 Å². The maximum atomic E-state index is 13.4. The molecule has 29 heavy (non-hydrogen) atoms. The van der Waals surface area contributed by atoms with Crippen molar-refractivity contribution in [1.29, 1.82) is 0 Å². The number of anilines is 1. The highest BCUT2D eigenvalue weighted by atomic mass is 35.5. The van der Waals surface area contributed by atoms with Crippen LogP contribution < -0.4 is 5.32 Å². The fourth-order valence-electron chi connectivity index (χ4n) is 3.12. The molecule has 1 fully saturated rings. The van der Waals surface area contributed by atoms with Gasteiger partial charge in [0.1, 0.15) is 0 Å². The van der Waals surface area contributed by atoms with Gasteiger partial charge in [0.05, 0.1) is 16.8 Å². The molecule has 2 aromatic rings. The van der Waals surface area contributed by atoms with Crippen LogP contribution in [-0.2, 0) is 4.79 Å². The number of benzene rings is 2. The smallest absolute Gasteiger partial charge is 0.254 e. The van der Waals surface area contributed by atoms with Crippen molar-refractivity contribution < 1.29 is 18.4 Å². The average molecular weight is 442 g/mol. The van der Waals surface area contributed by atoms with Gasteiger partial charge in [-0.1, -0.05) is 23.2 Å². The van der Waals surface area contributed by atoms with Gasteiger partial charge in [0.25, 0.3) is 5.91 Å². The van der Waals surface area contributed by atoms with Gasteiger partial charge in [-0.2, -0.15) is 0 Å². The van der Waals surface area contributed by atoms with E-state index in [2.05, 4.69) is 5.32 Å². The Labute approximate surface area is 177 Å². The van der Waals surface area contributed by atoms with Crippen molar-refractivity contribution in [3.63, 3.8) is 0 Å². The molecule has 1 atom stereocenters. The van der Waals surface area contributed by atoms with Gasteiger partial charge in [-0.15, -0.1) is 0 Å². The highest BCUT2D eigenvalue weighted by molar-refractivity contribution is 6.35. The Bertz CT molecular complexity index is 934. The zero-order valence-electron chi connectivity index (χ0n) is 15.6. The largest absolute Gasteiger partial charge is 0.336 e. The topological polar surface area (TPSA) is 52.7 Å². The van der Waals surface area contributed by atoms with E-state index in [1.165, 1.54) is 6.07 Å².